The fraction of sp³-hybridized carbons (Fsp3) is 0.500. The van der Waals surface area contributed by atoms with Crippen molar-refractivity contribution in [3.63, 3.8) is 0 Å². The van der Waals surface area contributed by atoms with Gasteiger partial charge in [0.2, 0.25) is 15.9 Å². The third-order valence-electron chi connectivity index (χ3n) is 3.45. The number of amides is 1. The van der Waals surface area contributed by atoms with E-state index in [1.807, 2.05) is 0 Å². The standard InChI is InChI=1S/C14H19BrN2O3S/c1-11(15)14(18)16-10-12-4-6-13(7-5-12)21(19,20)17-8-2-3-9-17/h4-7,11H,2-3,8-10H2,1H3,(H,16,18). The number of nitrogens with one attached hydrogen (secondary N) is 1. The number of benzene rings is 1. The lowest BCUT2D eigenvalue weighted by atomic mass is 10.2. The van der Waals surface area contributed by atoms with Gasteiger partial charge in [0, 0.05) is 19.6 Å². The van der Waals surface area contributed by atoms with Crippen LogP contribution >= 0.6 is 15.9 Å². The average Bonchev–Trinajstić information content (AvgIpc) is 3.00. The van der Waals surface area contributed by atoms with Crippen molar-refractivity contribution in [1.82, 2.24) is 9.62 Å². The van der Waals surface area contributed by atoms with E-state index in [1.54, 1.807) is 31.2 Å². The van der Waals surface area contributed by atoms with Gasteiger partial charge in [0.15, 0.2) is 0 Å². The molecule has 1 aliphatic heterocycles. The maximum absolute atomic E-state index is 12.4. The van der Waals surface area contributed by atoms with Crippen LogP contribution in [0.15, 0.2) is 29.2 Å². The molecule has 0 saturated carbocycles. The van der Waals surface area contributed by atoms with Gasteiger partial charge in [-0.3, -0.25) is 4.79 Å². The van der Waals surface area contributed by atoms with Crippen LogP contribution in [0.5, 0.6) is 0 Å². The normalized spacial score (nSPS) is 17.6. The highest BCUT2D eigenvalue weighted by atomic mass is 79.9. The Kier molecular flexibility index (Phi) is 5.40. The SMILES string of the molecule is CC(Br)C(=O)NCc1ccc(S(=O)(=O)N2CCCC2)cc1. The summed E-state index contributed by atoms with van der Waals surface area (Å²) in [7, 11) is -3.36. The maximum atomic E-state index is 12.4. The summed E-state index contributed by atoms with van der Waals surface area (Å²) in [5, 5.41) is 2.77. The summed E-state index contributed by atoms with van der Waals surface area (Å²) < 4.78 is 26.2. The summed E-state index contributed by atoms with van der Waals surface area (Å²) in [6.07, 6.45) is 1.85. The molecule has 1 aliphatic rings. The molecule has 0 aliphatic carbocycles. The zero-order valence-corrected chi connectivity index (χ0v) is 14.3. The van der Waals surface area contributed by atoms with Crippen LogP contribution in [-0.2, 0) is 21.4 Å². The predicted molar refractivity (Wildman–Crippen MR) is 84.7 cm³/mol. The van der Waals surface area contributed by atoms with E-state index in [9.17, 15) is 13.2 Å². The second-order valence-electron chi connectivity index (χ2n) is 5.09. The van der Waals surface area contributed by atoms with Crippen molar-refractivity contribution in [3.05, 3.63) is 29.8 Å². The molecule has 2 rings (SSSR count). The smallest absolute Gasteiger partial charge is 0.243 e. The van der Waals surface area contributed by atoms with Gasteiger partial charge in [0.05, 0.1) is 9.72 Å². The van der Waals surface area contributed by atoms with Crippen LogP contribution in [0.1, 0.15) is 25.3 Å². The third kappa shape index (κ3) is 4.05. The van der Waals surface area contributed by atoms with Crippen LogP contribution in [0.3, 0.4) is 0 Å². The van der Waals surface area contributed by atoms with Crippen molar-refractivity contribution in [2.24, 2.45) is 0 Å². The molecule has 0 radical (unpaired) electrons. The molecule has 116 valence electrons. The van der Waals surface area contributed by atoms with Gasteiger partial charge in [-0.25, -0.2) is 8.42 Å². The lowest BCUT2D eigenvalue weighted by molar-refractivity contribution is -0.120. The van der Waals surface area contributed by atoms with E-state index in [0.29, 0.717) is 24.5 Å². The number of hydrogen-bond donors (Lipinski definition) is 1. The Morgan fingerprint density at radius 2 is 1.86 bits per heavy atom. The van der Waals surface area contributed by atoms with Crippen molar-refractivity contribution in [3.8, 4) is 0 Å². The number of sulfonamides is 1. The number of carbonyl (C=O) groups excluding carboxylic acids is 1. The zero-order chi connectivity index (χ0) is 15.5. The first kappa shape index (κ1) is 16.5. The molecule has 1 saturated heterocycles. The van der Waals surface area contributed by atoms with E-state index in [0.717, 1.165) is 18.4 Å². The summed E-state index contributed by atoms with van der Waals surface area (Å²) >= 11 is 3.19. The lowest BCUT2D eigenvalue weighted by Gasteiger charge is -2.15. The lowest BCUT2D eigenvalue weighted by Crippen LogP contribution is -2.29. The first-order valence-corrected chi connectivity index (χ1v) is 9.28. The van der Waals surface area contributed by atoms with E-state index >= 15 is 0 Å². The molecule has 0 aromatic heterocycles. The van der Waals surface area contributed by atoms with E-state index in [1.165, 1.54) is 4.31 Å². The van der Waals surface area contributed by atoms with Crippen LogP contribution in [-0.4, -0.2) is 36.5 Å². The van der Waals surface area contributed by atoms with Gasteiger partial charge in [-0.2, -0.15) is 4.31 Å². The number of nitrogens with zero attached hydrogens (tertiary/aromatic N) is 1. The van der Waals surface area contributed by atoms with Gasteiger partial charge in [-0.1, -0.05) is 28.1 Å². The quantitative estimate of drug-likeness (QED) is 0.800. The minimum absolute atomic E-state index is 0.0937. The fourth-order valence-electron chi connectivity index (χ4n) is 2.19. The molecule has 1 amide bonds. The van der Waals surface area contributed by atoms with E-state index < -0.39 is 10.0 Å². The zero-order valence-electron chi connectivity index (χ0n) is 11.9. The molecule has 1 unspecified atom stereocenters. The Bertz CT molecular complexity index is 593. The van der Waals surface area contributed by atoms with Crippen molar-refractivity contribution >= 4 is 31.9 Å². The van der Waals surface area contributed by atoms with E-state index in [2.05, 4.69) is 21.2 Å². The topological polar surface area (TPSA) is 66.5 Å². The van der Waals surface area contributed by atoms with E-state index in [4.69, 9.17) is 0 Å². The Balaban J connectivity index is 2.03. The summed E-state index contributed by atoms with van der Waals surface area (Å²) in [4.78, 5) is 11.5. The number of hydrogen-bond acceptors (Lipinski definition) is 3. The van der Waals surface area contributed by atoms with Crippen LogP contribution in [0.2, 0.25) is 0 Å². The van der Waals surface area contributed by atoms with Crippen LogP contribution < -0.4 is 5.32 Å². The second-order valence-corrected chi connectivity index (χ2v) is 8.40. The molecule has 5 nitrogen and oxygen atoms in total. The average molecular weight is 375 g/mol. The first-order chi connectivity index (χ1) is 9.91. The molecule has 7 heteroatoms. The second kappa shape index (κ2) is 6.89. The van der Waals surface area contributed by atoms with Gasteiger partial charge in [-0.15, -0.1) is 0 Å². The highest BCUT2D eigenvalue weighted by molar-refractivity contribution is 9.10. The van der Waals surface area contributed by atoms with Crippen LogP contribution in [0.25, 0.3) is 0 Å². The van der Waals surface area contributed by atoms with Crippen molar-refractivity contribution in [2.75, 3.05) is 13.1 Å². The molecule has 1 N–H and O–H groups in total. The van der Waals surface area contributed by atoms with Gasteiger partial charge >= 0.3 is 0 Å². The molecule has 0 spiro atoms. The molecule has 1 heterocycles. The Morgan fingerprint density at radius 3 is 2.38 bits per heavy atom. The molecule has 0 bridgehead atoms. The van der Waals surface area contributed by atoms with Crippen molar-refractivity contribution < 1.29 is 13.2 Å². The van der Waals surface area contributed by atoms with E-state index in [-0.39, 0.29) is 10.7 Å². The number of alkyl halides is 1. The third-order valence-corrected chi connectivity index (χ3v) is 5.78. The number of carbonyl (C=O) groups is 1. The van der Waals surface area contributed by atoms with Gasteiger partial charge in [-0.05, 0) is 37.5 Å². The number of halogens is 1. The minimum atomic E-state index is -3.36. The van der Waals surface area contributed by atoms with Gasteiger partial charge < -0.3 is 5.32 Å². The highest BCUT2D eigenvalue weighted by Gasteiger charge is 2.26. The van der Waals surface area contributed by atoms with Crippen molar-refractivity contribution in [1.29, 1.82) is 0 Å². The monoisotopic (exact) mass is 374 g/mol. The highest BCUT2D eigenvalue weighted by Crippen LogP contribution is 2.21. The Hall–Kier alpha value is -0.920. The summed E-state index contributed by atoms with van der Waals surface area (Å²) in [5.74, 6) is -0.0937. The van der Waals surface area contributed by atoms with Crippen molar-refractivity contribution in [2.45, 2.75) is 36.0 Å². The summed E-state index contributed by atoms with van der Waals surface area (Å²) in [6, 6.07) is 6.68. The van der Waals surface area contributed by atoms with Gasteiger partial charge in [0.25, 0.3) is 0 Å². The molecular weight excluding hydrogens is 356 g/mol. The van der Waals surface area contributed by atoms with Crippen LogP contribution in [0.4, 0.5) is 0 Å². The largest absolute Gasteiger partial charge is 0.351 e. The molecular formula is C14H19BrN2O3S. The molecule has 1 aromatic rings. The summed E-state index contributed by atoms with van der Waals surface area (Å²) in [6.45, 7) is 3.34. The molecule has 1 atom stereocenters. The predicted octanol–water partition coefficient (Wildman–Crippen LogP) is 1.87. The molecule has 1 fully saturated rings. The molecule has 21 heavy (non-hydrogen) atoms. The summed E-state index contributed by atoms with van der Waals surface area (Å²) in [5.41, 5.74) is 0.872. The van der Waals surface area contributed by atoms with Gasteiger partial charge in [0.1, 0.15) is 0 Å². The first-order valence-electron chi connectivity index (χ1n) is 6.92. The Labute approximate surface area is 133 Å². The minimum Gasteiger partial charge on any atom is -0.351 e. The Morgan fingerprint density at radius 1 is 1.29 bits per heavy atom. The molecule has 1 aromatic carbocycles. The fourth-order valence-corrected chi connectivity index (χ4v) is 3.87. The number of rotatable bonds is 5. The van der Waals surface area contributed by atoms with Crippen LogP contribution in [0, 0.1) is 0 Å². The maximum Gasteiger partial charge on any atom is 0.243 e.